The van der Waals surface area contributed by atoms with Crippen molar-refractivity contribution in [1.82, 2.24) is 10.2 Å². The van der Waals surface area contributed by atoms with Gasteiger partial charge in [-0.2, -0.15) is 13.2 Å². The summed E-state index contributed by atoms with van der Waals surface area (Å²) in [5.41, 5.74) is 0.0248. The Morgan fingerprint density at radius 2 is 1.85 bits per heavy atom. The number of hydrogen-bond acceptors (Lipinski definition) is 2. The van der Waals surface area contributed by atoms with Crippen molar-refractivity contribution < 1.29 is 13.2 Å². The summed E-state index contributed by atoms with van der Waals surface area (Å²) >= 11 is 0. The van der Waals surface area contributed by atoms with Gasteiger partial charge in [0.15, 0.2) is 0 Å². The van der Waals surface area contributed by atoms with Gasteiger partial charge >= 0.3 is 6.18 Å². The fourth-order valence-corrected chi connectivity index (χ4v) is 3.12. The van der Waals surface area contributed by atoms with Gasteiger partial charge in [0.1, 0.15) is 0 Å². The van der Waals surface area contributed by atoms with Crippen molar-refractivity contribution in [3.63, 3.8) is 0 Å². The zero-order chi connectivity index (χ0) is 15.4. The van der Waals surface area contributed by atoms with Crippen molar-refractivity contribution in [2.75, 3.05) is 19.6 Å². The van der Waals surface area contributed by atoms with Crippen LogP contribution in [-0.4, -0.2) is 42.3 Å². The highest BCUT2D eigenvalue weighted by molar-refractivity contribution is 4.98. The lowest BCUT2D eigenvalue weighted by atomic mass is 9.85. The molecule has 0 aromatic rings. The Morgan fingerprint density at radius 3 is 2.30 bits per heavy atom. The van der Waals surface area contributed by atoms with E-state index in [1.165, 1.54) is 0 Å². The maximum atomic E-state index is 12.3. The third-order valence-corrected chi connectivity index (χ3v) is 4.79. The molecule has 120 valence electrons. The average molecular weight is 294 g/mol. The van der Waals surface area contributed by atoms with Gasteiger partial charge in [0, 0.05) is 31.1 Å². The van der Waals surface area contributed by atoms with E-state index in [2.05, 4.69) is 37.9 Å². The molecular weight excluding hydrogens is 265 g/mol. The highest BCUT2D eigenvalue weighted by Gasteiger charge is 2.39. The van der Waals surface area contributed by atoms with Gasteiger partial charge in [-0.15, -0.1) is 0 Å². The van der Waals surface area contributed by atoms with Crippen molar-refractivity contribution in [3.05, 3.63) is 0 Å². The molecule has 0 saturated carbocycles. The number of piperazine rings is 1. The van der Waals surface area contributed by atoms with Crippen LogP contribution in [0.4, 0.5) is 13.2 Å². The molecule has 0 spiro atoms. The maximum Gasteiger partial charge on any atom is 0.389 e. The summed E-state index contributed by atoms with van der Waals surface area (Å²) in [4.78, 5) is 2.31. The predicted octanol–water partition coefficient (Wildman–Crippen LogP) is 3.82. The summed E-state index contributed by atoms with van der Waals surface area (Å²) < 4.78 is 37.0. The zero-order valence-corrected chi connectivity index (χ0v) is 13.2. The van der Waals surface area contributed by atoms with Gasteiger partial charge in [-0.25, -0.2) is 0 Å². The van der Waals surface area contributed by atoms with Crippen LogP contribution in [0, 0.1) is 5.92 Å². The Hall–Kier alpha value is -0.290. The molecule has 1 unspecified atom stereocenters. The van der Waals surface area contributed by atoms with E-state index in [1.54, 1.807) is 0 Å². The molecule has 1 rings (SSSR count). The van der Waals surface area contributed by atoms with Crippen molar-refractivity contribution in [2.24, 2.45) is 5.92 Å². The number of nitrogens with one attached hydrogen (secondary N) is 1. The van der Waals surface area contributed by atoms with Crippen LogP contribution < -0.4 is 5.32 Å². The Labute approximate surface area is 121 Å². The summed E-state index contributed by atoms with van der Waals surface area (Å²) in [6, 6.07) is 0.382. The van der Waals surface area contributed by atoms with Gasteiger partial charge in [-0.1, -0.05) is 27.7 Å². The molecule has 1 atom stereocenters. The predicted molar refractivity (Wildman–Crippen MR) is 76.8 cm³/mol. The summed E-state index contributed by atoms with van der Waals surface area (Å²) in [5, 5.41) is 3.58. The van der Waals surface area contributed by atoms with E-state index in [9.17, 15) is 13.2 Å². The first kappa shape index (κ1) is 17.8. The quantitative estimate of drug-likeness (QED) is 0.801. The minimum absolute atomic E-state index is 0.0248. The first-order valence-electron chi connectivity index (χ1n) is 7.79. The number of alkyl halides is 3. The van der Waals surface area contributed by atoms with Gasteiger partial charge < -0.3 is 5.32 Å². The largest absolute Gasteiger partial charge is 0.389 e. The fraction of sp³-hybridized carbons (Fsp3) is 1.00. The molecule has 0 amide bonds. The first-order valence-corrected chi connectivity index (χ1v) is 7.79. The smallest absolute Gasteiger partial charge is 0.311 e. The normalized spacial score (nSPS) is 24.3. The molecule has 0 aromatic heterocycles. The van der Waals surface area contributed by atoms with Crippen molar-refractivity contribution in [2.45, 2.75) is 71.1 Å². The number of rotatable bonds is 6. The second kappa shape index (κ2) is 7.12. The van der Waals surface area contributed by atoms with Gasteiger partial charge in [0.25, 0.3) is 0 Å². The molecule has 5 heteroatoms. The zero-order valence-electron chi connectivity index (χ0n) is 13.2. The molecule has 1 N–H and O–H groups in total. The number of nitrogens with zero attached hydrogens (tertiary/aromatic N) is 1. The lowest BCUT2D eigenvalue weighted by molar-refractivity contribution is -0.137. The fourth-order valence-electron chi connectivity index (χ4n) is 3.12. The molecule has 1 saturated heterocycles. The Morgan fingerprint density at radius 1 is 1.25 bits per heavy atom. The monoisotopic (exact) mass is 294 g/mol. The molecule has 2 nitrogen and oxygen atoms in total. The molecule has 1 aliphatic rings. The molecular formula is C15H29F3N2. The van der Waals surface area contributed by atoms with E-state index in [1.807, 2.05) is 0 Å². The number of halogens is 3. The molecule has 1 heterocycles. The van der Waals surface area contributed by atoms with E-state index < -0.39 is 12.6 Å². The lowest BCUT2D eigenvalue weighted by Gasteiger charge is -2.50. The number of hydrogen-bond donors (Lipinski definition) is 1. The van der Waals surface area contributed by atoms with E-state index in [0.29, 0.717) is 18.5 Å². The van der Waals surface area contributed by atoms with Crippen molar-refractivity contribution in [1.29, 1.82) is 0 Å². The Kier molecular flexibility index (Phi) is 6.32. The van der Waals surface area contributed by atoms with Gasteiger partial charge in [0.05, 0.1) is 0 Å². The van der Waals surface area contributed by atoms with Crippen molar-refractivity contribution in [3.8, 4) is 0 Å². The molecule has 20 heavy (non-hydrogen) atoms. The van der Waals surface area contributed by atoms with Crippen LogP contribution in [0.15, 0.2) is 0 Å². The highest BCUT2D eigenvalue weighted by Crippen LogP contribution is 2.30. The third kappa shape index (κ3) is 4.62. The van der Waals surface area contributed by atoms with Gasteiger partial charge in [-0.3, -0.25) is 4.90 Å². The Balaban J connectivity index is 2.67. The SMILES string of the molecule is CCC1(CC)CNC(C(C)C)CN1CCCC(F)(F)F. The van der Waals surface area contributed by atoms with E-state index in [0.717, 1.165) is 25.9 Å². The second-order valence-corrected chi connectivity index (χ2v) is 6.33. The third-order valence-electron chi connectivity index (χ3n) is 4.79. The molecule has 0 radical (unpaired) electrons. The molecule has 0 aliphatic carbocycles. The molecule has 1 aliphatic heterocycles. The van der Waals surface area contributed by atoms with E-state index >= 15 is 0 Å². The van der Waals surface area contributed by atoms with Crippen LogP contribution in [0.25, 0.3) is 0 Å². The van der Waals surface area contributed by atoms with Gasteiger partial charge in [0.2, 0.25) is 0 Å². The highest BCUT2D eigenvalue weighted by atomic mass is 19.4. The molecule has 0 aromatic carbocycles. The minimum Gasteiger partial charge on any atom is -0.311 e. The van der Waals surface area contributed by atoms with E-state index in [-0.39, 0.29) is 12.0 Å². The van der Waals surface area contributed by atoms with E-state index in [4.69, 9.17) is 0 Å². The first-order chi connectivity index (χ1) is 9.24. The maximum absolute atomic E-state index is 12.3. The van der Waals surface area contributed by atoms with Crippen LogP contribution in [0.2, 0.25) is 0 Å². The van der Waals surface area contributed by atoms with Crippen LogP contribution in [0.5, 0.6) is 0 Å². The van der Waals surface area contributed by atoms with Crippen LogP contribution >= 0.6 is 0 Å². The Bertz CT molecular complexity index is 285. The van der Waals surface area contributed by atoms with Crippen LogP contribution in [-0.2, 0) is 0 Å². The second-order valence-electron chi connectivity index (χ2n) is 6.33. The summed E-state index contributed by atoms with van der Waals surface area (Å²) in [7, 11) is 0. The molecule has 1 fully saturated rings. The van der Waals surface area contributed by atoms with Gasteiger partial charge in [-0.05, 0) is 31.7 Å². The topological polar surface area (TPSA) is 15.3 Å². The van der Waals surface area contributed by atoms with Crippen LogP contribution in [0.3, 0.4) is 0 Å². The summed E-state index contributed by atoms with van der Waals surface area (Å²) in [5.74, 6) is 0.506. The minimum atomic E-state index is -4.04. The van der Waals surface area contributed by atoms with Crippen LogP contribution in [0.1, 0.15) is 53.4 Å². The lowest BCUT2D eigenvalue weighted by Crippen LogP contribution is -2.65. The summed E-state index contributed by atoms with van der Waals surface area (Å²) in [6.07, 6.45) is -2.55. The molecule has 0 bridgehead atoms. The summed E-state index contributed by atoms with van der Waals surface area (Å²) in [6.45, 7) is 10.9. The average Bonchev–Trinajstić information content (AvgIpc) is 2.37. The standard InChI is InChI=1S/C15H29F3N2/c1-5-14(6-2)11-19-13(12(3)4)10-20(14)9-7-8-15(16,17)18/h12-13,19H,5-11H2,1-4H3. The van der Waals surface area contributed by atoms with Crippen molar-refractivity contribution >= 4 is 0 Å².